The van der Waals surface area contributed by atoms with E-state index in [0.717, 1.165) is 11.4 Å². The number of aliphatic carboxylic acids is 1. The van der Waals surface area contributed by atoms with Crippen LogP contribution in [0.15, 0.2) is 6.07 Å². The number of carboxylic acid groups (broad SMARTS) is 1. The average molecular weight is 250 g/mol. The van der Waals surface area contributed by atoms with E-state index in [1.54, 1.807) is 0 Å². The van der Waals surface area contributed by atoms with Crippen molar-refractivity contribution in [1.82, 2.24) is 14.9 Å². The fourth-order valence-electron chi connectivity index (χ4n) is 2.37. The summed E-state index contributed by atoms with van der Waals surface area (Å²) in [5.74, 6) is -0.194. The van der Waals surface area contributed by atoms with E-state index in [2.05, 4.69) is 15.3 Å². The second-order valence-electron chi connectivity index (χ2n) is 4.84. The number of aromatic nitrogens is 2. The van der Waals surface area contributed by atoms with Gasteiger partial charge in [-0.2, -0.15) is 0 Å². The predicted octanol–water partition coefficient (Wildman–Crippen LogP) is 0.663. The van der Waals surface area contributed by atoms with Crippen LogP contribution in [0.2, 0.25) is 0 Å². The number of likely N-dealkylation sites (N-methyl/N-ethyl adjacent to an activating group) is 1. The van der Waals surface area contributed by atoms with Gasteiger partial charge in [0.15, 0.2) is 0 Å². The third-order valence-electron chi connectivity index (χ3n) is 3.15. The zero-order chi connectivity index (χ0) is 13.3. The molecule has 0 amide bonds. The molecule has 0 aromatic carbocycles. The number of hydrogen-bond acceptors (Lipinski definition) is 5. The van der Waals surface area contributed by atoms with Crippen molar-refractivity contribution in [1.29, 1.82) is 0 Å². The first kappa shape index (κ1) is 12.8. The van der Waals surface area contributed by atoms with Gasteiger partial charge in [0.25, 0.3) is 0 Å². The molecule has 18 heavy (non-hydrogen) atoms. The Morgan fingerprint density at radius 1 is 1.44 bits per heavy atom. The minimum atomic E-state index is -0.775. The maximum absolute atomic E-state index is 11.0. The van der Waals surface area contributed by atoms with Crippen molar-refractivity contribution in [2.45, 2.75) is 32.4 Å². The third kappa shape index (κ3) is 2.76. The normalized spacial score (nSPS) is 24.2. The van der Waals surface area contributed by atoms with E-state index in [9.17, 15) is 4.79 Å². The Morgan fingerprint density at radius 2 is 2.06 bits per heavy atom. The molecular formula is C12H18N4O2. The molecule has 1 aliphatic rings. The fourth-order valence-corrected chi connectivity index (χ4v) is 2.37. The monoisotopic (exact) mass is 250 g/mol. The molecule has 2 rings (SSSR count). The van der Waals surface area contributed by atoms with Gasteiger partial charge < -0.3 is 10.4 Å². The summed E-state index contributed by atoms with van der Waals surface area (Å²) in [6.45, 7) is 4.52. The molecule has 0 saturated carbocycles. The summed E-state index contributed by atoms with van der Waals surface area (Å²) < 4.78 is 0. The highest BCUT2D eigenvalue weighted by atomic mass is 16.4. The van der Waals surface area contributed by atoms with Crippen molar-refractivity contribution in [3.05, 3.63) is 17.5 Å². The molecule has 2 N–H and O–H groups in total. The lowest BCUT2D eigenvalue weighted by molar-refractivity contribution is -0.141. The van der Waals surface area contributed by atoms with Crippen molar-refractivity contribution < 1.29 is 9.90 Å². The van der Waals surface area contributed by atoms with Crippen LogP contribution in [0.5, 0.6) is 0 Å². The molecule has 0 radical (unpaired) electrons. The largest absolute Gasteiger partial charge is 0.480 e. The van der Waals surface area contributed by atoms with E-state index in [1.165, 1.54) is 0 Å². The maximum atomic E-state index is 11.0. The number of aryl methyl sites for hydroxylation is 2. The van der Waals surface area contributed by atoms with Gasteiger partial charge in [-0.3, -0.25) is 9.69 Å². The fraction of sp³-hybridized carbons (Fsp3) is 0.583. The van der Waals surface area contributed by atoms with Gasteiger partial charge in [0.05, 0.1) is 0 Å². The van der Waals surface area contributed by atoms with Gasteiger partial charge in [-0.1, -0.05) is 0 Å². The van der Waals surface area contributed by atoms with Crippen LogP contribution in [0.1, 0.15) is 17.8 Å². The summed E-state index contributed by atoms with van der Waals surface area (Å²) in [6, 6.07) is 1.57. The topological polar surface area (TPSA) is 78.3 Å². The molecule has 1 aromatic rings. The molecule has 1 saturated heterocycles. The number of nitrogens with one attached hydrogen (secondary N) is 1. The van der Waals surface area contributed by atoms with Gasteiger partial charge >= 0.3 is 5.97 Å². The summed E-state index contributed by atoms with van der Waals surface area (Å²) in [5, 5.41) is 12.3. The lowest BCUT2D eigenvalue weighted by Gasteiger charge is -2.13. The van der Waals surface area contributed by atoms with Crippen molar-refractivity contribution in [3.63, 3.8) is 0 Å². The van der Waals surface area contributed by atoms with Crippen LogP contribution in [0.4, 0.5) is 5.95 Å². The summed E-state index contributed by atoms with van der Waals surface area (Å²) in [7, 11) is 1.82. The Kier molecular flexibility index (Phi) is 3.47. The van der Waals surface area contributed by atoms with Gasteiger partial charge in [-0.15, -0.1) is 0 Å². The van der Waals surface area contributed by atoms with Crippen molar-refractivity contribution in [2.75, 3.05) is 18.9 Å². The second-order valence-corrected chi connectivity index (χ2v) is 4.84. The predicted molar refractivity (Wildman–Crippen MR) is 67.6 cm³/mol. The van der Waals surface area contributed by atoms with Crippen molar-refractivity contribution in [2.24, 2.45) is 0 Å². The molecule has 6 heteroatoms. The Balaban J connectivity index is 2.05. The highest BCUT2D eigenvalue weighted by Gasteiger charge is 2.34. The van der Waals surface area contributed by atoms with E-state index >= 15 is 0 Å². The molecule has 2 heterocycles. The minimum Gasteiger partial charge on any atom is -0.480 e. The van der Waals surface area contributed by atoms with Gasteiger partial charge in [0, 0.05) is 24.0 Å². The maximum Gasteiger partial charge on any atom is 0.320 e. The Bertz CT molecular complexity index is 443. The van der Waals surface area contributed by atoms with Gasteiger partial charge in [0.1, 0.15) is 6.04 Å². The van der Waals surface area contributed by atoms with Crippen LogP contribution in [0, 0.1) is 13.8 Å². The highest BCUT2D eigenvalue weighted by Crippen LogP contribution is 2.19. The van der Waals surface area contributed by atoms with E-state index < -0.39 is 12.0 Å². The van der Waals surface area contributed by atoms with Crippen LogP contribution < -0.4 is 5.32 Å². The summed E-state index contributed by atoms with van der Waals surface area (Å²) in [5.41, 5.74) is 1.82. The van der Waals surface area contributed by atoms with Crippen molar-refractivity contribution >= 4 is 11.9 Å². The molecular weight excluding hydrogens is 232 g/mol. The third-order valence-corrected chi connectivity index (χ3v) is 3.15. The lowest BCUT2D eigenvalue weighted by Crippen LogP contribution is -2.32. The standard InChI is InChI=1S/C12H18N4O2/c1-7-4-8(2)14-12(13-7)15-9-5-10(11(17)18)16(3)6-9/h4,9-10H,5-6H2,1-3H3,(H,17,18)(H,13,14,15)/t9-,10+/m1/s1. The van der Waals surface area contributed by atoms with E-state index in [4.69, 9.17) is 5.11 Å². The van der Waals surface area contributed by atoms with E-state index in [-0.39, 0.29) is 6.04 Å². The first-order valence-electron chi connectivity index (χ1n) is 5.97. The van der Waals surface area contributed by atoms with Crippen LogP contribution in [-0.2, 0) is 4.79 Å². The number of hydrogen-bond donors (Lipinski definition) is 2. The molecule has 0 spiro atoms. The van der Waals surface area contributed by atoms with Gasteiger partial charge in [0.2, 0.25) is 5.95 Å². The molecule has 0 aliphatic carbocycles. The molecule has 2 atom stereocenters. The van der Waals surface area contributed by atoms with Crippen molar-refractivity contribution in [3.8, 4) is 0 Å². The Hall–Kier alpha value is -1.69. The molecule has 1 aromatic heterocycles. The lowest BCUT2D eigenvalue weighted by atomic mass is 10.2. The number of likely N-dealkylation sites (tertiary alicyclic amines) is 1. The van der Waals surface area contributed by atoms with E-state index in [0.29, 0.717) is 18.9 Å². The van der Waals surface area contributed by atoms with Gasteiger partial charge in [-0.25, -0.2) is 9.97 Å². The number of nitrogens with zero attached hydrogens (tertiary/aromatic N) is 3. The zero-order valence-corrected chi connectivity index (χ0v) is 10.8. The highest BCUT2D eigenvalue weighted by molar-refractivity contribution is 5.74. The Labute approximate surface area is 106 Å². The number of anilines is 1. The molecule has 0 unspecified atom stereocenters. The first-order valence-corrected chi connectivity index (χ1v) is 5.97. The van der Waals surface area contributed by atoms with Gasteiger partial charge in [-0.05, 0) is 33.4 Å². The number of rotatable bonds is 3. The van der Waals surface area contributed by atoms with Crippen LogP contribution >= 0.6 is 0 Å². The number of carbonyl (C=O) groups is 1. The quantitative estimate of drug-likeness (QED) is 0.820. The summed E-state index contributed by atoms with van der Waals surface area (Å²) in [6.07, 6.45) is 0.572. The smallest absolute Gasteiger partial charge is 0.320 e. The SMILES string of the molecule is Cc1cc(C)nc(N[C@@H]2C[C@@H](C(=O)O)N(C)C2)n1. The summed E-state index contributed by atoms with van der Waals surface area (Å²) in [4.78, 5) is 21.5. The van der Waals surface area contributed by atoms with E-state index in [1.807, 2.05) is 31.9 Å². The average Bonchev–Trinajstić information content (AvgIpc) is 2.57. The van der Waals surface area contributed by atoms with Crippen LogP contribution in [0.25, 0.3) is 0 Å². The second kappa shape index (κ2) is 4.89. The zero-order valence-electron chi connectivity index (χ0n) is 10.8. The minimum absolute atomic E-state index is 0.0808. The Morgan fingerprint density at radius 3 is 2.56 bits per heavy atom. The molecule has 6 nitrogen and oxygen atoms in total. The van der Waals surface area contributed by atoms with Crippen LogP contribution in [-0.4, -0.2) is 51.6 Å². The number of carboxylic acids is 1. The van der Waals surface area contributed by atoms with Crippen LogP contribution in [0.3, 0.4) is 0 Å². The molecule has 98 valence electrons. The first-order chi connectivity index (χ1) is 8.45. The molecule has 0 bridgehead atoms. The molecule has 1 aliphatic heterocycles. The molecule has 1 fully saturated rings. The summed E-state index contributed by atoms with van der Waals surface area (Å²) >= 11 is 0.